The Labute approximate surface area is 128 Å². The highest BCUT2D eigenvalue weighted by Crippen LogP contribution is 2.29. The number of hydrogen-bond acceptors (Lipinski definition) is 6. The Bertz CT molecular complexity index is 698. The van der Waals surface area contributed by atoms with Crippen molar-refractivity contribution in [2.24, 2.45) is 5.92 Å². The maximum Gasteiger partial charge on any atom is 0.293 e. The van der Waals surface area contributed by atoms with Gasteiger partial charge in [0.2, 0.25) is 5.91 Å². The predicted molar refractivity (Wildman–Crippen MR) is 80.4 cm³/mol. The molecule has 0 radical (unpaired) electrons. The van der Waals surface area contributed by atoms with Crippen molar-refractivity contribution in [1.82, 2.24) is 5.32 Å². The summed E-state index contributed by atoms with van der Waals surface area (Å²) in [7, 11) is -3.50. The molecule has 1 aliphatic carbocycles. The van der Waals surface area contributed by atoms with Gasteiger partial charge in [0.25, 0.3) is 5.69 Å². The molecule has 1 aliphatic rings. The van der Waals surface area contributed by atoms with E-state index in [2.05, 4.69) is 10.6 Å². The number of rotatable bonds is 7. The van der Waals surface area contributed by atoms with Gasteiger partial charge in [0, 0.05) is 31.3 Å². The van der Waals surface area contributed by atoms with Gasteiger partial charge >= 0.3 is 0 Å². The van der Waals surface area contributed by atoms with Crippen molar-refractivity contribution in [2.45, 2.75) is 17.7 Å². The lowest BCUT2D eigenvalue weighted by Gasteiger charge is -2.09. The van der Waals surface area contributed by atoms with Crippen molar-refractivity contribution in [3.8, 4) is 0 Å². The van der Waals surface area contributed by atoms with Gasteiger partial charge in [-0.1, -0.05) is 0 Å². The Morgan fingerprint density at radius 2 is 2.05 bits per heavy atom. The molecule has 0 atom stereocenters. The zero-order valence-electron chi connectivity index (χ0n) is 12.0. The molecule has 0 saturated heterocycles. The van der Waals surface area contributed by atoms with E-state index in [1.807, 2.05) is 0 Å². The molecule has 0 unspecified atom stereocenters. The molecule has 9 heteroatoms. The number of nitrogens with one attached hydrogen (secondary N) is 2. The molecule has 1 saturated carbocycles. The van der Waals surface area contributed by atoms with Gasteiger partial charge in [-0.25, -0.2) is 8.42 Å². The van der Waals surface area contributed by atoms with Crippen molar-refractivity contribution in [3.05, 3.63) is 28.3 Å². The normalized spacial score (nSPS) is 14.4. The molecule has 0 aromatic heterocycles. The average molecular weight is 327 g/mol. The fourth-order valence-electron chi connectivity index (χ4n) is 1.92. The number of amides is 1. The number of nitro groups is 1. The third-order valence-electron chi connectivity index (χ3n) is 3.28. The lowest BCUT2D eigenvalue weighted by Crippen LogP contribution is -2.29. The Morgan fingerprint density at radius 1 is 1.36 bits per heavy atom. The number of hydrogen-bond donors (Lipinski definition) is 2. The zero-order valence-corrected chi connectivity index (χ0v) is 12.9. The molecule has 1 aromatic rings. The van der Waals surface area contributed by atoms with Crippen LogP contribution in [-0.4, -0.2) is 38.6 Å². The molecule has 22 heavy (non-hydrogen) atoms. The SMILES string of the molecule is CS(=O)(=O)c1ccc(NCCNC(=O)C2CC2)c([N+](=O)[O-])c1. The van der Waals surface area contributed by atoms with Crippen molar-refractivity contribution < 1.29 is 18.1 Å². The van der Waals surface area contributed by atoms with Gasteiger partial charge in [0.15, 0.2) is 9.84 Å². The molecule has 120 valence electrons. The summed E-state index contributed by atoms with van der Waals surface area (Å²) in [4.78, 5) is 21.7. The number of nitro benzene ring substituents is 1. The fourth-order valence-corrected chi connectivity index (χ4v) is 2.56. The van der Waals surface area contributed by atoms with E-state index in [4.69, 9.17) is 0 Å². The minimum absolute atomic E-state index is 0.00345. The molecule has 0 spiro atoms. The van der Waals surface area contributed by atoms with Gasteiger partial charge in [0.1, 0.15) is 5.69 Å². The van der Waals surface area contributed by atoms with Crippen LogP contribution in [0.3, 0.4) is 0 Å². The Balaban J connectivity index is 2.00. The van der Waals surface area contributed by atoms with E-state index in [1.54, 1.807) is 0 Å². The van der Waals surface area contributed by atoms with Crippen LogP contribution in [0.15, 0.2) is 23.1 Å². The smallest absolute Gasteiger partial charge is 0.293 e. The quantitative estimate of drug-likeness (QED) is 0.437. The Morgan fingerprint density at radius 3 is 2.59 bits per heavy atom. The lowest BCUT2D eigenvalue weighted by molar-refractivity contribution is -0.384. The zero-order chi connectivity index (χ0) is 16.3. The van der Waals surface area contributed by atoms with Crippen LogP contribution in [0, 0.1) is 16.0 Å². The average Bonchev–Trinajstić information content (AvgIpc) is 3.26. The molecule has 1 aromatic carbocycles. The molecule has 1 fully saturated rings. The standard InChI is InChI=1S/C13H17N3O5S/c1-22(20,21)10-4-5-11(12(8-10)16(18)19)14-6-7-15-13(17)9-2-3-9/h4-5,8-9,14H,2-3,6-7H2,1H3,(H,15,17). The van der Waals surface area contributed by atoms with Gasteiger partial charge in [-0.2, -0.15) is 0 Å². The summed E-state index contributed by atoms with van der Waals surface area (Å²) in [5, 5.41) is 16.6. The summed E-state index contributed by atoms with van der Waals surface area (Å²) in [6.07, 6.45) is 2.82. The van der Waals surface area contributed by atoms with Crippen molar-refractivity contribution >= 4 is 27.1 Å². The number of sulfone groups is 1. The van der Waals surface area contributed by atoms with Crippen LogP contribution < -0.4 is 10.6 Å². The predicted octanol–water partition coefficient (Wildman–Crippen LogP) is 0.936. The highest BCUT2D eigenvalue weighted by atomic mass is 32.2. The van der Waals surface area contributed by atoms with E-state index in [-0.39, 0.29) is 28.1 Å². The molecule has 0 aliphatic heterocycles. The molecule has 0 bridgehead atoms. The molecule has 2 rings (SSSR count). The van der Waals surface area contributed by atoms with Crippen molar-refractivity contribution in [2.75, 3.05) is 24.7 Å². The van der Waals surface area contributed by atoms with Crippen molar-refractivity contribution in [1.29, 1.82) is 0 Å². The Kier molecular flexibility index (Phi) is 4.65. The van der Waals surface area contributed by atoms with Crippen LogP contribution in [0.25, 0.3) is 0 Å². The summed E-state index contributed by atoms with van der Waals surface area (Å²) in [6.45, 7) is 0.665. The van der Waals surface area contributed by atoms with Crippen LogP contribution in [0.5, 0.6) is 0 Å². The van der Waals surface area contributed by atoms with E-state index >= 15 is 0 Å². The van der Waals surface area contributed by atoms with E-state index < -0.39 is 14.8 Å². The first-order valence-corrected chi connectivity index (χ1v) is 8.68. The second-order valence-corrected chi connectivity index (χ2v) is 7.22. The summed E-state index contributed by atoms with van der Waals surface area (Å²) in [5.41, 5.74) is -0.0884. The molecule has 2 N–H and O–H groups in total. The minimum Gasteiger partial charge on any atom is -0.378 e. The van der Waals surface area contributed by atoms with Gasteiger partial charge < -0.3 is 10.6 Å². The van der Waals surface area contributed by atoms with Crippen LogP contribution >= 0.6 is 0 Å². The number of nitrogens with zero attached hydrogens (tertiary/aromatic N) is 1. The van der Waals surface area contributed by atoms with Gasteiger partial charge in [-0.3, -0.25) is 14.9 Å². The van der Waals surface area contributed by atoms with E-state index in [0.29, 0.717) is 13.1 Å². The molecular formula is C13H17N3O5S. The largest absolute Gasteiger partial charge is 0.378 e. The number of carbonyl (C=O) groups is 1. The molecular weight excluding hydrogens is 310 g/mol. The van der Waals surface area contributed by atoms with Crippen LogP contribution in [0.2, 0.25) is 0 Å². The van der Waals surface area contributed by atoms with E-state index in [1.165, 1.54) is 12.1 Å². The second kappa shape index (κ2) is 6.30. The van der Waals surface area contributed by atoms with E-state index in [9.17, 15) is 23.3 Å². The van der Waals surface area contributed by atoms with Crippen LogP contribution in [0.1, 0.15) is 12.8 Å². The third kappa shape index (κ3) is 4.17. The summed E-state index contributed by atoms with van der Waals surface area (Å²) in [5.74, 6) is 0.118. The molecule has 1 amide bonds. The summed E-state index contributed by atoms with van der Waals surface area (Å²) in [6, 6.07) is 3.70. The highest BCUT2D eigenvalue weighted by molar-refractivity contribution is 7.90. The number of benzene rings is 1. The maximum atomic E-state index is 11.4. The first kappa shape index (κ1) is 16.2. The maximum absolute atomic E-state index is 11.4. The van der Waals surface area contributed by atoms with Gasteiger partial charge in [-0.15, -0.1) is 0 Å². The Hall–Kier alpha value is -2.16. The first-order valence-electron chi connectivity index (χ1n) is 6.79. The van der Waals surface area contributed by atoms with Crippen LogP contribution in [0.4, 0.5) is 11.4 Å². The van der Waals surface area contributed by atoms with Gasteiger partial charge in [-0.05, 0) is 25.0 Å². The minimum atomic E-state index is -3.50. The topological polar surface area (TPSA) is 118 Å². The highest BCUT2D eigenvalue weighted by Gasteiger charge is 2.29. The third-order valence-corrected chi connectivity index (χ3v) is 4.39. The second-order valence-electron chi connectivity index (χ2n) is 5.20. The van der Waals surface area contributed by atoms with Crippen molar-refractivity contribution in [3.63, 3.8) is 0 Å². The molecule has 8 nitrogen and oxygen atoms in total. The summed E-state index contributed by atoms with van der Waals surface area (Å²) < 4.78 is 22.9. The van der Waals surface area contributed by atoms with E-state index in [0.717, 1.165) is 25.2 Å². The fraction of sp³-hybridized carbons (Fsp3) is 0.462. The van der Waals surface area contributed by atoms with Gasteiger partial charge in [0.05, 0.1) is 9.82 Å². The lowest BCUT2D eigenvalue weighted by atomic mass is 10.2. The van der Waals surface area contributed by atoms with Crippen LogP contribution in [-0.2, 0) is 14.6 Å². The number of anilines is 1. The number of carbonyl (C=O) groups excluding carboxylic acids is 1. The monoisotopic (exact) mass is 327 g/mol. The molecule has 0 heterocycles. The first-order chi connectivity index (χ1) is 10.3. The summed E-state index contributed by atoms with van der Waals surface area (Å²) >= 11 is 0.